The maximum atomic E-state index is 11.9. The highest BCUT2D eigenvalue weighted by Crippen LogP contribution is 2.19. The number of nitrogens with one attached hydrogen (secondary N) is 1. The molecule has 2 rings (SSSR count). The molecule has 5 nitrogen and oxygen atoms in total. The SMILES string of the molecule is CCOC(=O)C1CCN(C(=NC)NCC(C)c2cccc(C)c2)CC1. The third kappa shape index (κ3) is 5.48. The molecular formula is C20H31N3O2. The van der Waals surface area contributed by atoms with Gasteiger partial charge in [0.05, 0.1) is 12.5 Å². The molecule has 0 spiro atoms. The molecule has 1 aliphatic heterocycles. The van der Waals surface area contributed by atoms with E-state index < -0.39 is 0 Å². The minimum Gasteiger partial charge on any atom is -0.466 e. The zero-order chi connectivity index (χ0) is 18.2. The summed E-state index contributed by atoms with van der Waals surface area (Å²) in [6.45, 7) is 9.17. The van der Waals surface area contributed by atoms with Crippen molar-refractivity contribution in [2.24, 2.45) is 10.9 Å². The predicted octanol–water partition coefficient (Wildman–Crippen LogP) is 2.95. The molecule has 0 aliphatic carbocycles. The van der Waals surface area contributed by atoms with E-state index >= 15 is 0 Å². The van der Waals surface area contributed by atoms with Gasteiger partial charge in [0, 0.05) is 26.7 Å². The number of aliphatic imine (C=N–C) groups is 1. The Bertz CT molecular complexity index is 592. The van der Waals surface area contributed by atoms with E-state index in [-0.39, 0.29) is 11.9 Å². The third-order valence-corrected chi connectivity index (χ3v) is 4.80. The molecule has 0 amide bonds. The molecule has 0 saturated carbocycles. The number of nitrogens with zero attached hydrogens (tertiary/aromatic N) is 2. The number of carbonyl (C=O) groups is 1. The van der Waals surface area contributed by atoms with Crippen LogP contribution < -0.4 is 5.32 Å². The van der Waals surface area contributed by atoms with Gasteiger partial charge < -0.3 is 15.0 Å². The van der Waals surface area contributed by atoms with Gasteiger partial charge in [-0.1, -0.05) is 36.8 Å². The number of aryl methyl sites for hydroxylation is 1. The van der Waals surface area contributed by atoms with Gasteiger partial charge in [0.1, 0.15) is 0 Å². The van der Waals surface area contributed by atoms with E-state index in [2.05, 4.69) is 53.3 Å². The van der Waals surface area contributed by atoms with Crippen LogP contribution in [0, 0.1) is 12.8 Å². The van der Waals surface area contributed by atoms with E-state index in [1.807, 2.05) is 14.0 Å². The first kappa shape index (κ1) is 19.3. The fourth-order valence-corrected chi connectivity index (χ4v) is 3.26. The normalized spacial score (nSPS) is 17.3. The smallest absolute Gasteiger partial charge is 0.309 e. The molecule has 1 aromatic rings. The molecule has 25 heavy (non-hydrogen) atoms. The summed E-state index contributed by atoms with van der Waals surface area (Å²) in [4.78, 5) is 18.5. The van der Waals surface area contributed by atoms with Crippen LogP contribution in [0.4, 0.5) is 0 Å². The van der Waals surface area contributed by atoms with Gasteiger partial charge in [-0.2, -0.15) is 0 Å². The summed E-state index contributed by atoms with van der Waals surface area (Å²) in [5.41, 5.74) is 2.62. The fraction of sp³-hybridized carbons (Fsp3) is 0.600. The van der Waals surface area contributed by atoms with Crippen molar-refractivity contribution in [1.29, 1.82) is 0 Å². The number of carbonyl (C=O) groups excluding carboxylic acids is 1. The summed E-state index contributed by atoms with van der Waals surface area (Å²) < 4.78 is 5.14. The molecule has 1 unspecified atom stereocenters. The van der Waals surface area contributed by atoms with Gasteiger partial charge in [-0.25, -0.2) is 0 Å². The van der Waals surface area contributed by atoms with Crippen molar-refractivity contribution in [2.75, 3.05) is 33.3 Å². The van der Waals surface area contributed by atoms with E-state index in [0.29, 0.717) is 12.5 Å². The van der Waals surface area contributed by atoms with Crippen molar-refractivity contribution >= 4 is 11.9 Å². The number of likely N-dealkylation sites (tertiary alicyclic amines) is 1. The fourth-order valence-electron chi connectivity index (χ4n) is 3.26. The molecule has 1 N–H and O–H groups in total. The van der Waals surface area contributed by atoms with Crippen LogP contribution >= 0.6 is 0 Å². The van der Waals surface area contributed by atoms with Crippen molar-refractivity contribution in [3.63, 3.8) is 0 Å². The van der Waals surface area contributed by atoms with E-state index in [4.69, 9.17) is 4.74 Å². The number of piperidine rings is 1. The largest absolute Gasteiger partial charge is 0.466 e. The van der Waals surface area contributed by atoms with Gasteiger partial charge in [0.25, 0.3) is 0 Å². The van der Waals surface area contributed by atoms with Crippen molar-refractivity contribution in [3.8, 4) is 0 Å². The highest BCUT2D eigenvalue weighted by atomic mass is 16.5. The number of hydrogen-bond donors (Lipinski definition) is 1. The quantitative estimate of drug-likeness (QED) is 0.506. The topological polar surface area (TPSA) is 53.9 Å². The second-order valence-electron chi connectivity index (χ2n) is 6.76. The van der Waals surface area contributed by atoms with Gasteiger partial charge in [0.2, 0.25) is 0 Å². The zero-order valence-corrected chi connectivity index (χ0v) is 15.9. The second-order valence-corrected chi connectivity index (χ2v) is 6.76. The summed E-state index contributed by atoms with van der Waals surface area (Å²) in [6, 6.07) is 8.64. The van der Waals surface area contributed by atoms with Gasteiger partial charge >= 0.3 is 5.97 Å². The minimum absolute atomic E-state index is 0.0283. The maximum Gasteiger partial charge on any atom is 0.309 e. The summed E-state index contributed by atoms with van der Waals surface area (Å²) in [7, 11) is 1.82. The zero-order valence-electron chi connectivity index (χ0n) is 15.9. The van der Waals surface area contributed by atoms with E-state index in [1.165, 1.54) is 11.1 Å². The number of ether oxygens (including phenoxy) is 1. The lowest BCUT2D eigenvalue weighted by Crippen LogP contribution is -2.47. The lowest BCUT2D eigenvalue weighted by atomic mass is 9.97. The Morgan fingerprint density at radius 2 is 2.12 bits per heavy atom. The first-order valence-corrected chi connectivity index (χ1v) is 9.24. The molecule has 5 heteroatoms. The van der Waals surface area contributed by atoms with Gasteiger partial charge in [-0.3, -0.25) is 9.79 Å². The van der Waals surface area contributed by atoms with Crippen LogP contribution in [0.1, 0.15) is 43.7 Å². The number of guanidine groups is 1. The Kier molecular flexibility index (Phi) is 7.29. The first-order chi connectivity index (χ1) is 12.0. The molecule has 1 atom stereocenters. The van der Waals surface area contributed by atoms with E-state index in [9.17, 15) is 4.79 Å². The standard InChI is InChI=1S/C20H31N3O2/c1-5-25-19(24)17-9-11-23(12-10-17)20(21-4)22-14-16(3)18-8-6-7-15(2)13-18/h6-8,13,16-17H,5,9-12,14H2,1-4H3,(H,21,22). The van der Waals surface area contributed by atoms with Crippen molar-refractivity contribution in [1.82, 2.24) is 10.2 Å². The van der Waals surface area contributed by atoms with Gasteiger partial charge in [-0.05, 0) is 38.2 Å². The number of hydrogen-bond acceptors (Lipinski definition) is 3. The van der Waals surface area contributed by atoms with Crippen LogP contribution in [0.3, 0.4) is 0 Å². The van der Waals surface area contributed by atoms with E-state index in [1.54, 1.807) is 0 Å². The average molecular weight is 345 g/mol. The Labute approximate surface area is 151 Å². The second kappa shape index (κ2) is 9.44. The maximum absolute atomic E-state index is 11.9. The Morgan fingerprint density at radius 3 is 2.72 bits per heavy atom. The van der Waals surface area contributed by atoms with Gasteiger partial charge in [-0.15, -0.1) is 0 Å². The van der Waals surface area contributed by atoms with Crippen LogP contribution in [-0.2, 0) is 9.53 Å². The highest BCUT2D eigenvalue weighted by molar-refractivity contribution is 5.80. The minimum atomic E-state index is -0.0573. The average Bonchev–Trinajstić information content (AvgIpc) is 2.62. The molecule has 0 radical (unpaired) electrons. The van der Waals surface area contributed by atoms with Crippen LogP contribution in [0.5, 0.6) is 0 Å². The monoisotopic (exact) mass is 345 g/mol. The Hall–Kier alpha value is -2.04. The van der Waals surface area contributed by atoms with Crippen molar-refractivity contribution < 1.29 is 9.53 Å². The molecule has 0 aromatic heterocycles. The molecule has 138 valence electrons. The third-order valence-electron chi connectivity index (χ3n) is 4.80. The number of esters is 1. The highest BCUT2D eigenvalue weighted by Gasteiger charge is 2.27. The van der Waals surface area contributed by atoms with Crippen molar-refractivity contribution in [3.05, 3.63) is 35.4 Å². The lowest BCUT2D eigenvalue weighted by Gasteiger charge is -2.33. The van der Waals surface area contributed by atoms with Crippen molar-refractivity contribution in [2.45, 2.75) is 39.5 Å². The van der Waals surface area contributed by atoms with Crippen LogP contribution in [-0.4, -0.2) is 50.1 Å². The molecular weight excluding hydrogens is 314 g/mol. The predicted molar refractivity (Wildman–Crippen MR) is 102 cm³/mol. The molecule has 1 aliphatic rings. The Balaban J connectivity index is 1.84. The summed E-state index contributed by atoms with van der Waals surface area (Å²) in [5, 5.41) is 3.49. The molecule has 0 bridgehead atoms. The first-order valence-electron chi connectivity index (χ1n) is 9.24. The summed E-state index contributed by atoms with van der Waals surface area (Å²) >= 11 is 0. The number of benzene rings is 1. The summed E-state index contributed by atoms with van der Waals surface area (Å²) in [6.07, 6.45) is 1.65. The molecule has 1 saturated heterocycles. The summed E-state index contributed by atoms with van der Waals surface area (Å²) in [5.74, 6) is 1.30. The molecule has 1 heterocycles. The van der Waals surface area contributed by atoms with Crippen LogP contribution in [0.2, 0.25) is 0 Å². The number of rotatable bonds is 5. The molecule has 1 fully saturated rings. The molecule has 1 aromatic carbocycles. The van der Waals surface area contributed by atoms with Gasteiger partial charge in [0.15, 0.2) is 5.96 Å². The van der Waals surface area contributed by atoms with Crippen LogP contribution in [0.15, 0.2) is 29.3 Å². The lowest BCUT2D eigenvalue weighted by molar-refractivity contribution is -0.149. The Morgan fingerprint density at radius 1 is 1.40 bits per heavy atom. The van der Waals surface area contributed by atoms with E-state index in [0.717, 1.165) is 38.4 Å². The van der Waals surface area contributed by atoms with Crippen LogP contribution in [0.25, 0.3) is 0 Å².